The van der Waals surface area contributed by atoms with Gasteiger partial charge in [0.15, 0.2) is 0 Å². The fourth-order valence-corrected chi connectivity index (χ4v) is 8.89. The number of carbonyl (C=O) groups excluding carboxylic acids is 10. The summed E-state index contributed by atoms with van der Waals surface area (Å²) in [5.41, 5.74) is 3.56. The molecule has 2 aliphatic rings. The zero-order valence-corrected chi connectivity index (χ0v) is 46.6. The van der Waals surface area contributed by atoms with Gasteiger partial charge in [0.25, 0.3) is 0 Å². The smallest absolute Gasteiger partial charge is 0.330 e. The van der Waals surface area contributed by atoms with E-state index in [1.54, 1.807) is 89.2 Å². The molecule has 0 saturated heterocycles. The van der Waals surface area contributed by atoms with E-state index in [2.05, 4.69) is 13.2 Å². The third-order valence-electron chi connectivity index (χ3n) is 13.8. The predicted molar refractivity (Wildman–Crippen MR) is 288 cm³/mol. The molecular formula is C61H72O20. The van der Waals surface area contributed by atoms with Crippen LogP contribution in [0.5, 0.6) is 23.0 Å². The van der Waals surface area contributed by atoms with Crippen molar-refractivity contribution in [2.45, 2.75) is 137 Å². The number of esters is 10. The van der Waals surface area contributed by atoms with E-state index in [4.69, 9.17) is 47.4 Å². The van der Waals surface area contributed by atoms with Crippen molar-refractivity contribution in [1.29, 1.82) is 0 Å². The Balaban J connectivity index is 0.954. The van der Waals surface area contributed by atoms with Gasteiger partial charge < -0.3 is 47.4 Å². The van der Waals surface area contributed by atoms with Gasteiger partial charge in [-0.2, -0.15) is 0 Å². The number of aryl methyl sites for hydroxylation is 1. The molecule has 2 fully saturated rings. The molecule has 3 aromatic rings. The first-order valence-corrected chi connectivity index (χ1v) is 27.2. The summed E-state index contributed by atoms with van der Waals surface area (Å²) in [6, 6.07) is 15.3. The molecule has 0 radical (unpaired) electrons. The molecule has 2 unspecified atom stereocenters. The maximum Gasteiger partial charge on any atom is 0.330 e. The van der Waals surface area contributed by atoms with Crippen molar-refractivity contribution in [3.8, 4) is 23.0 Å². The first-order chi connectivity index (χ1) is 38.7. The average Bonchev–Trinajstić information content (AvgIpc) is 3.51. The van der Waals surface area contributed by atoms with Gasteiger partial charge >= 0.3 is 59.7 Å². The van der Waals surface area contributed by atoms with Gasteiger partial charge in [0, 0.05) is 25.0 Å². The van der Waals surface area contributed by atoms with Crippen LogP contribution < -0.4 is 18.9 Å². The zero-order valence-electron chi connectivity index (χ0n) is 46.6. The lowest BCUT2D eigenvalue weighted by Gasteiger charge is -2.27. The first kappa shape index (κ1) is 63.7. The Morgan fingerprint density at radius 2 is 0.852 bits per heavy atom. The molecule has 0 bridgehead atoms. The maximum atomic E-state index is 13.5. The highest BCUT2D eigenvalue weighted by Crippen LogP contribution is 2.38. The van der Waals surface area contributed by atoms with Crippen molar-refractivity contribution >= 4 is 59.7 Å². The second-order valence-electron chi connectivity index (χ2n) is 20.1. The lowest BCUT2D eigenvalue weighted by molar-refractivity contribution is -0.157. The highest BCUT2D eigenvalue weighted by atomic mass is 16.6. The van der Waals surface area contributed by atoms with Gasteiger partial charge in [-0.1, -0.05) is 37.4 Å². The van der Waals surface area contributed by atoms with Crippen molar-refractivity contribution in [3.63, 3.8) is 0 Å². The number of benzene rings is 3. The summed E-state index contributed by atoms with van der Waals surface area (Å²) in [4.78, 5) is 124. The molecule has 20 nitrogen and oxygen atoms in total. The molecule has 2 atom stereocenters. The zero-order chi connectivity index (χ0) is 59.0. The molecule has 0 N–H and O–H groups in total. The van der Waals surface area contributed by atoms with Gasteiger partial charge in [0.1, 0.15) is 48.4 Å². The van der Waals surface area contributed by atoms with Gasteiger partial charge in [0.2, 0.25) is 0 Å². The fourth-order valence-electron chi connectivity index (χ4n) is 8.89. The highest BCUT2D eigenvalue weighted by Gasteiger charge is 2.35. The maximum absolute atomic E-state index is 13.5. The van der Waals surface area contributed by atoms with Crippen LogP contribution in [0.15, 0.2) is 79.9 Å². The van der Waals surface area contributed by atoms with E-state index in [-0.39, 0.29) is 52.1 Å². The molecule has 0 heterocycles. The topological polar surface area (TPSA) is 263 Å². The van der Waals surface area contributed by atoms with Crippen LogP contribution in [0.1, 0.15) is 119 Å². The van der Waals surface area contributed by atoms with Crippen molar-refractivity contribution in [3.05, 3.63) is 108 Å². The summed E-state index contributed by atoms with van der Waals surface area (Å²) in [7, 11) is 0. The lowest BCUT2D eigenvalue weighted by atomic mass is 9.82. The minimum Gasteiger partial charge on any atom is -0.465 e. The lowest BCUT2D eigenvalue weighted by Crippen LogP contribution is -2.31. The summed E-state index contributed by atoms with van der Waals surface area (Å²) in [6.45, 7) is 14.9. The van der Waals surface area contributed by atoms with E-state index in [1.807, 2.05) is 0 Å². The van der Waals surface area contributed by atoms with Crippen LogP contribution >= 0.6 is 0 Å². The monoisotopic (exact) mass is 1120 g/mol. The van der Waals surface area contributed by atoms with Crippen molar-refractivity contribution in [1.82, 2.24) is 0 Å². The SMILES string of the molecule is C=CC(=O)OCC(C)OC(=O)CCC(=O)OCCc1ccc(OC(=O)C2CCC(C(=O)Oc3c(C)cc(OC(=O)C4CCC(C(=O)Oc5ccc(CCOC(=O)CCC(=O)OCC(C)OC(=O)C=C)cc5)CC4)c(C)c3C)CC2)cc1. The van der Waals surface area contributed by atoms with Gasteiger partial charge in [-0.05, 0) is 144 Å². The van der Waals surface area contributed by atoms with E-state index in [0.29, 0.717) is 104 Å². The molecule has 20 heteroatoms. The number of ether oxygens (including phenoxy) is 10. The van der Waals surface area contributed by atoms with Gasteiger partial charge in [-0.3, -0.25) is 38.4 Å². The van der Waals surface area contributed by atoms with Crippen LogP contribution in [0.2, 0.25) is 0 Å². The quantitative estimate of drug-likeness (QED) is 0.0286. The van der Waals surface area contributed by atoms with Crippen LogP contribution in [-0.2, 0) is 89.2 Å². The third kappa shape index (κ3) is 21.4. The van der Waals surface area contributed by atoms with Crippen LogP contribution in [0.4, 0.5) is 0 Å². The predicted octanol–water partition coefficient (Wildman–Crippen LogP) is 8.30. The number of hydrogen-bond acceptors (Lipinski definition) is 20. The Kier molecular flexibility index (Phi) is 25.3. The van der Waals surface area contributed by atoms with E-state index < -0.39 is 95.6 Å². The molecule has 0 aliphatic heterocycles. The normalized spacial score (nSPS) is 17.3. The standard InChI is InChI=1S/C61H72O20/c1-8-51(62)74-35-39(5)77-56(67)29-28-54(65)73-33-31-43-12-24-49(25-13-43)79-59(69)45-16-20-47(21-17-45)61(71)81-57-37(3)34-50(40(6)41(57)7)80-60(70)46-18-14-44(15-19-46)58(68)78-48-22-10-42(11-23-48)30-32-72-53(64)26-27-55(66)75-36-38(4)76-52(63)9-2/h8-13,22-25,34,38-39,44-47H,1-2,14-21,26-33,35-36H2,3-7H3. The van der Waals surface area contributed by atoms with Crippen molar-refractivity contribution in [2.24, 2.45) is 23.7 Å². The van der Waals surface area contributed by atoms with E-state index in [1.165, 1.54) is 0 Å². The molecule has 436 valence electrons. The van der Waals surface area contributed by atoms with Crippen LogP contribution in [0.3, 0.4) is 0 Å². The Hall–Kier alpha value is -8.16. The minimum absolute atomic E-state index is 0.0724. The largest absolute Gasteiger partial charge is 0.465 e. The van der Waals surface area contributed by atoms with Crippen LogP contribution in [0, 0.1) is 44.4 Å². The van der Waals surface area contributed by atoms with E-state index >= 15 is 0 Å². The second kappa shape index (κ2) is 32.2. The fraction of sp³-hybridized carbons (Fsp3) is 0.475. The summed E-state index contributed by atoms with van der Waals surface area (Å²) in [5.74, 6) is -5.50. The number of hydrogen-bond donors (Lipinski definition) is 0. The van der Waals surface area contributed by atoms with Crippen LogP contribution in [-0.4, -0.2) is 98.3 Å². The Morgan fingerprint density at radius 1 is 0.469 bits per heavy atom. The molecule has 0 aromatic heterocycles. The molecule has 0 amide bonds. The molecule has 0 spiro atoms. The average molecular weight is 1130 g/mol. The number of rotatable bonds is 28. The first-order valence-electron chi connectivity index (χ1n) is 27.2. The highest BCUT2D eigenvalue weighted by molar-refractivity contribution is 5.83. The van der Waals surface area contributed by atoms with Crippen molar-refractivity contribution in [2.75, 3.05) is 26.4 Å². The molecular weight excluding hydrogens is 1050 g/mol. The molecule has 5 rings (SSSR count). The van der Waals surface area contributed by atoms with Gasteiger partial charge in [0.05, 0.1) is 62.6 Å². The minimum atomic E-state index is -0.684. The molecule has 3 aromatic carbocycles. The summed E-state index contributed by atoms with van der Waals surface area (Å²) in [6.07, 6.45) is 4.17. The molecule has 2 saturated carbocycles. The van der Waals surface area contributed by atoms with E-state index in [0.717, 1.165) is 23.3 Å². The molecule has 2 aliphatic carbocycles. The number of carbonyl (C=O) groups is 10. The van der Waals surface area contributed by atoms with Crippen molar-refractivity contribution < 1.29 is 95.3 Å². The van der Waals surface area contributed by atoms with Gasteiger partial charge in [-0.25, -0.2) is 9.59 Å². The Morgan fingerprint density at radius 3 is 1.30 bits per heavy atom. The summed E-state index contributed by atoms with van der Waals surface area (Å²) >= 11 is 0. The Bertz CT molecular complexity index is 2730. The summed E-state index contributed by atoms with van der Waals surface area (Å²) in [5, 5.41) is 0. The molecule has 81 heavy (non-hydrogen) atoms. The van der Waals surface area contributed by atoms with Gasteiger partial charge in [-0.15, -0.1) is 0 Å². The third-order valence-corrected chi connectivity index (χ3v) is 13.8. The summed E-state index contributed by atoms with van der Waals surface area (Å²) < 4.78 is 53.5. The van der Waals surface area contributed by atoms with Crippen LogP contribution in [0.25, 0.3) is 0 Å². The van der Waals surface area contributed by atoms with E-state index in [9.17, 15) is 47.9 Å². The second-order valence-corrected chi connectivity index (χ2v) is 20.1. The Labute approximate surface area is 471 Å².